The Morgan fingerprint density at radius 1 is 1.48 bits per heavy atom. The maximum absolute atomic E-state index is 9.86. The standard InChI is InChI=1S/C15H17ClN4O/c1-3-6-15(8-17,9-20-11-18-10-19-20)13-7-12(16)4-5-14(13)21-2/h4-5,7,10-11H,3,6,9H2,1-2H3. The molecular formula is C15H17ClN4O. The molecule has 0 aliphatic heterocycles. The number of nitriles is 1. The highest BCUT2D eigenvalue weighted by Gasteiger charge is 2.35. The number of aromatic nitrogens is 3. The van der Waals surface area contributed by atoms with E-state index >= 15 is 0 Å². The lowest BCUT2D eigenvalue weighted by Crippen LogP contribution is -2.31. The van der Waals surface area contributed by atoms with Gasteiger partial charge in [-0.15, -0.1) is 0 Å². The van der Waals surface area contributed by atoms with Crippen LogP contribution in [0.1, 0.15) is 25.3 Å². The lowest BCUT2D eigenvalue weighted by Gasteiger charge is -2.28. The summed E-state index contributed by atoms with van der Waals surface area (Å²) in [4.78, 5) is 3.94. The summed E-state index contributed by atoms with van der Waals surface area (Å²) in [5.41, 5.74) is 0.0379. The first-order chi connectivity index (χ1) is 10.1. The van der Waals surface area contributed by atoms with Gasteiger partial charge in [-0.3, -0.25) is 4.68 Å². The molecule has 0 bridgehead atoms. The first-order valence-corrected chi connectivity index (χ1v) is 7.10. The van der Waals surface area contributed by atoms with E-state index in [4.69, 9.17) is 16.3 Å². The van der Waals surface area contributed by atoms with Crippen LogP contribution in [0, 0.1) is 11.3 Å². The lowest BCUT2D eigenvalue weighted by atomic mass is 9.77. The summed E-state index contributed by atoms with van der Waals surface area (Å²) in [5.74, 6) is 0.662. The molecule has 0 saturated heterocycles. The van der Waals surface area contributed by atoms with Crippen molar-refractivity contribution < 1.29 is 4.74 Å². The van der Waals surface area contributed by atoms with Crippen molar-refractivity contribution in [3.8, 4) is 11.8 Å². The number of nitrogens with zero attached hydrogens (tertiary/aromatic N) is 4. The zero-order chi connectivity index (χ0) is 15.3. The molecule has 2 rings (SSSR count). The van der Waals surface area contributed by atoms with Crippen molar-refractivity contribution in [2.45, 2.75) is 31.7 Å². The summed E-state index contributed by atoms with van der Waals surface area (Å²) < 4.78 is 7.08. The second-order valence-corrected chi connectivity index (χ2v) is 5.32. The zero-order valence-corrected chi connectivity index (χ0v) is 12.8. The molecule has 1 heterocycles. The third-order valence-corrected chi connectivity index (χ3v) is 3.70. The van der Waals surface area contributed by atoms with E-state index < -0.39 is 5.41 Å². The fraction of sp³-hybridized carbons (Fsp3) is 0.400. The number of halogens is 1. The SMILES string of the molecule is CCCC(C#N)(Cn1cncn1)c1cc(Cl)ccc1OC. The van der Waals surface area contributed by atoms with E-state index in [0.717, 1.165) is 12.0 Å². The number of ether oxygens (including phenoxy) is 1. The van der Waals surface area contributed by atoms with Gasteiger partial charge in [0.1, 0.15) is 23.8 Å². The normalized spacial score (nSPS) is 13.4. The Labute approximate surface area is 129 Å². The minimum atomic E-state index is -0.751. The molecule has 21 heavy (non-hydrogen) atoms. The van der Waals surface area contributed by atoms with E-state index in [-0.39, 0.29) is 0 Å². The van der Waals surface area contributed by atoms with E-state index in [1.54, 1.807) is 36.3 Å². The summed E-state index contributed by atoms with van der Waals surface area (Å²) in [5, 5.41) is 14.6. The van der Waals surface area contributed by atoms with Gasteiger partial charge in [0.15, 0.2) is 0 Å². The highest BCUT2D eigenvalue weighted by atomic mass is 35.5. The Balaban J connectivity index is 2.54. The second kappa shape index (κ2) is 6.59. The zero-order valence-electron chi connectivity index (χ0n) is 12.1. The molecular weight excluding hydrogens is 288 g/mol. The molecule has 0 aliphatic rings. The molecule has 0 saturated carbocycles. The predicted molar refractivity (Wildman–Crippen MR) is 80.2 cm³/mol. The second-order valence-electron chi connectivity index (χ2n) is 4.88. The van der Waals surface area contributed by atoms with Crippen LogP contribution < -0.4 is 4.74 Å². The summed E-state index contributed by atoms with van der Waals surface area (Å²) >= 11 is 6.12. The highest BCUT2D eigenvalue weighted by molar-refractivity contribution is 6.30. The molecule has 0 N–H and O–H groups in total. The molecule has 1 aromatic carbocycles. The first-order valence-electron chi connectivity index (χ1n) is 6.73. The van der Waals surface area contributed by atoms with Gasteiger partial charge < -0.3 is 4.74 Å². The molecule has 0 spiro atoms. The summed E-state index contributed by atoms with van der Waals surface area (Å²) in [6.07, 6.45) is 4.61. The maximum atomic E-state index is 9.86. The van der Waals surface area contributed by atoms with E-state index in [2.05, 4.69) is 16.2 Å². The van der Waals surface area contributed by atoms with E-state index in [9.17, 15) is 5.26 Å². The van der Waals surface area contributed by atoms with Crippen LogP contribution in [0.5, 0.6) is 5.75 Å². The van der Waals surface area contributed by atoms with Gasteiger partial charge in [0.05, 0.1) is 19.7 Å². The van der Waals surface area contributed by atoms with Gasteiger partial charge in [-0.2, -0.15) is 10.4 Å². The van der Waals surface area contributed by atoms with Crippen molar-refractivity contribution in [1.82, 2.24) is 14.8 Å². The van der Waals surface area contributed by atoms with Crippen molar-refractivity contribution in [3.63, 3.8) is 0 Å². The quantitative estimate of drug-likeness (QED) is 0.822. The van der Waals surface area contributed by atoms with E-state index in [0.29, 0.717) is 23.7 Å². The van der Waals surface area contributed by atoms with Crippen molar-refractivity contribution in [3.05, 3.63) is 41.4 Å². The van der Waals surface area contributed by atoms with Crippen molar-refractivity contribution in [1.29, 1.82) is 5.26 Å². The lowest BCUT2D eigenvalue weighted by molar-refractivity contribution is 0.361. The van der Waals surface area contributed by atoms with Crippen LogP contribution in [0.4, 0.5) is 0 Å². The van der Waals surface area contributed by atoms with Crippen molar-refractivity contribution >= 4 is 11.6 Å². The average Bonchev–Trinajstić information content (AvgIpc) is 2.99. The molecule has 0 aliphatic carbocycles. The van der Waals surface area contributed by atoms with Crippen molar-refractivity contribution in [2.24, 2.45) is 0 Å². The van der Waals surface area contributed by atoms with Crippen LogP contribution in [-0.2, 0) is 12.0 Å². The van der Waals surface area contributed by atoms with Crippen LogP contribution in [0.3, 0.4) is 0 Å². The molecule has 0 radical (unpaired) electrons. The third-order valence-electron chi connectivity index (χ3n) is 3.47. The molecule has 0 fully saturated rings. The van der Waals surface area contributed by atoms with Gasteiger partial charge in [-0.05, 0) is 24.6 Å². The number of hydrogen-bond acceptors (Lipinski definition) is 4. The van der Waals surface area contributed by atoms with Crippen LogP contribution in [-0.4, -0.2) is 21.9 Å². The highest BCUT2D eigenvalue weighted by Crippen LogP contribution is 2.38. The van der Waals surface area contributed by atoms with Gasteiger partial charge in [0.2, 0.25) is 0 Å². The molecule has 2 aromatic rings. The predicted octanol–water partition coefficient (Wildman–Crippen LogP) is 3.20. The Morgan fingerprint density at radius 3 is 2.86 bits per heavy atom. The fourth-order valence-electron chi connectivity index (χ4n) is 2.52. The monoisotopic (exact) mass is 304 g/mol. The third kappa shape index (κ3) is 3.17. The number of benzene rings is 1. The van der Waals surface area contributed by atoms with Crippen LogP contribution in [0.15, 0.2) is 30.9 Å². The van der Waals surface area contributed by atoms with Crippen molar-refractivity contribution in [2.75, 3.05) is 7.11 Å². The Hall–Kier alpha value is -2.06. The topological polar surface area (TPSA) is 63.7 Å². The van der Waals surface area contributed by atoms with Gasteiger partial charge >= 0.3 is 0 Å². The molecule has 1 unspecified atom stereocenters. The molecule has 110 valence electrons. The molecule has 1 aromatic heterocycles. The average molecular weight is 305 g/mol. The molecule has 6 heteroatoms. The molecule has 5 nitrogen and oxygen atoms in total. The van der Waals surface area contributed by atoms with Gasteiger partial charge in [0, 0.05) is 10.6 Å². The fourth-order valence-corrected chi connectivity index (χ4v) is 2.69. The number of hydrogen-bond donors (Lipinski definition) is 0. The Bertz CT molecular complexity index is 636. The number of rotatable bonds is 6. The Morgan fingerprint density at radius 2 is 2.29 bits per heavy atom. The molecule has 0 amide bonds. The molecule has 1 atom stereocenters. The van der Waals surface area contributed by atoms with Gasteiger partial charge in [-0.25, -0.2) is 4.98 Å². The van der Waals surface area contributed by atoms with Crippen LogP contribution in [0.25, 0.3) is 0 Å². The maximum Gasteiger partial charge on any atom is 0.137 e. The summed E-state index contributed by atoms with van der Waals surface area (Å²) in [6, 6.07) is 7.80. The smallest absolute Gasteiger partial charge is 0.137 e. The van der Waals surface area contributed by atoms with E-state index in [1.165, 1.54) is 6.33 Å². The van der Waals surface area contributed by atoms with Crippen LogP contribution >= 0.6 is 11.6 Å². The summed E-state index contributed by atoms with van der Waals surface area (Å²) in [7, 11) is 1.59. The van der Waals surface area contributed by atoms with Crippen LogP contribution in [0.2, 0.25) is 5.02 Å². The number of methoxy groups -OCH3 is 1. The summed E-state index contributed by atoms with van der Waals surface area (Å²) in [6.45, 7) is 2.46. The Kier molecular flexibility index (Phi) is 4.81. The minimum Gasteiger partial charge on any atom is -0.496 e. The largest absolute Gasteiger partial charge is 0.496 e. The minimum absolute atomic E-state index is 0.411. The van der Waals surface area contributed by atoms with Gasteiger partial charge in [0.25, 0.3) is 0 Å². The first kappa shape index (κ1) is 15.3. The van der Waals surface area contributed by atoms with E-state index in [1.807, 2.05) is 6.92 Å². The van der Waals surface area contributed by atoms with Gasteiger partial charge in [-0.1, -0.05) is 24.9 Å².